The van der Waals surface area contributed by atoms with Crippen LogP contribution in [0.25, 0.3) is 0 Å². The number of rotatable bonds is 7. The summed E-state index contributed by atoms with van der Waals surface area (Å²) in [7, 11) is 4.05. The summed E-state index contributed by atoms with van der Waals surface area (Å²) in [6.45, 7) is 0.642. The van der Waals surface area contributed by atoms with E-state index >= 15 is 0 Å². The molecule has 0 fully saturated rings. The molecule has 1 N–H and O–H groups in total. The molecule has 0 aliphatic heterocycles. The van der Waals surface area contributed by atoms with Crippen LogP contribution >= 0.6 is 11.3 Å². The van der Waals surface area contributed by atoms with Crippen LogP contribution in [-0.2, 0) is 17.6 Å². The molecule has 0 bridgehead atoms. The highest BCUT2D eigenvalue weighted by Crippen LogP contribution is 2.26. The van der Waals surface area contributed by atoms with Gasteiger partial charge < -0.3 is 15.0 Å². The average Bonchev–Trinajstić information content (AvgIpc) is 3.23. The number of hydrogen-bond acceptors (Lipinski definition) is 4. The first-order valence-corrected chi connectivity index (χ1v) is 9.22. The lowest BCUT2D eigenvalue weighted by atomic mass is 10.1. The Hall–Kier alpha value is -1.85. The van der Waals surface area contributed by atoms with E-state index in [2.05, 4.69) is 33.8 Å². The van der Waals surface area contributed by atoms with Crippen molar-refractivity contribution in [2.45, 2.75) is 25.3 Å². The standard InChI is InChI=1S/C19H24N2O2S/c1-21(2)17(18-7-4-10-24-18)12-20-19(22)13-23-16-9-8-14-5-3-6-15(14)11-16/h4,7-11,17H,3,5-6,12-13H2,1-2H3,(H,20,22)/t17-/m0/s1. The number of aryl methyl sites for hydroxylation is 2. The van der Waals surface area contributed by atoms with Gasteiger partial charge in [0.15, 0.2) is 6.61 Å². The molecule has 0 radical (unpaired) electrons. The van der Waals surface area contributed by atoms with Gasteiger partial charge in [-0.25, -0.2) is 0 Å². The lowest BCUT2D eigenvalue weighted by Gasteiger charge is -2.23. The van der Waals surface area contributed by atoms with Crippen molar-refractivity contribution in [3.05, 3.63) is 51.7 Å². The number of likely N-dealkylation sites (N-methyl/N-ethyl adjacent to an activating group) is 1. The second kappa shape index (κ2) is 7.81. The van der Waals surface area contributed by atoms with Crippen molar-refractivity contribution in [1.82, 2.24) is 10.2 Å². The topological polar surface area (TPSA) is 41.6 Å². The Balaban J connectivity index is 1.49. The van der Waals surface area contributed by atoms with Crippen LogP contribution < -0.4 is 10.1 Å². The molecule has 0 spiro atoms. The van der Waals surface area contributed by atoms with Gasteiger partial charge in [-0.1, -0.05) is 12.1 Å². The second-order valence-corrected chi connectivity index (χ2v) is 7.35. The van der Waals surface area contributed by atoms with Crippen LogP contribution in [0.5, 0.6) is 5.75 Å². The van der Waals surface area contributed by atoms with Crippen molar-refractivity contribution in [2.24, 2.45) is 0 Å². The van der Waals surface area contributed by atoms with E-state index in [4.69, 9.17) is 4.74 Å². The van der Waals surface area contributed by atoms with Crippen LogP contribution in [0.4, 0.5) is 0 Å². The predicted molar refractivity (Wildman–Crippen MR) is 97.7 cm³/mol. The fourth-order valence-electron chi connectivity index (χ4n) is 3.07. The van der Waals surface area contributed by atoms with Gasteiger partial charge in [0.25, 0.3) is 5.91 Å². The van der Waals surface area contributed by atoms with Crippen LogP contribution in [0, 0.1) is 0 Å². The molecule has 24 heavy (non-hydrogen) atoms. The van der Waals surface area contributed by atoms with Crippen LogP contribution in [0.3, 0.4) is 0 Å². The molecule has 0 unspecified atom stereocenters. The van der Waals surface area contributed by atoms with Crippen LogP contribution in [0.2, 0.25) is 0 Å². The number of ether oxygens (including phenoxy) is 1. The maximum absolute atomic E-state index is 12.1. The summed E-state index contributed by atoms with van der Waals surface area (Å²) in [4.78, 5) is 15.5. The smallest absolute Gasteiger partial charge is 0.258 e. The Morgan fingerprint density at radius 3 is 2.88 bits per heavy atom. The monoisotopic (exact) mass is 344 g/mol. The van der Waals surface area contributed by atoms with Crippen LogP contribution in [0.15, 0.2) is 35.7 Å². The van der Waals surface area contributed by atoms with Gasteiger partial charge in [0.2, 0.25) is 0 Å². The number of benzene rings is 1. The number of carbonyl (C=O) groups excluding carboxylic acids is 1. The van der Waals surface area contributed by atoms with Gasteiger partial charge in [0.05, 0.1) is 6.04 Å². The summed E-state index contributed by atoms with van der Waals surface area (Å²) in [6.07, 6.45) is 3.49. The Morgan fingerprint density at radius 2 is 2.12 bits per heavy atom. The SMILES string of the molecule is CN(C)[C@@H](CNC(=O)COc1ccc2c(c1)CCC2)c1cccs1. The molecule has 1 aliphatic rings. The highest BCUT2D eigenvalue weighted by Gasteiger charge is 2.16. The number of nitrogens with zero attached hydrogens (tertiary/aromatic N) is 1. The van der Waals surface area contributed by atoms with Crippen LogP contribution in [-0.4, -0.2) is 38.1 Å². The maximum Gasteiger partial charge on any atom is 0.258 e. The van der Waals surface area contributed by atoms with Gasteiger partial charge in [-0.15, -0.1) is 11.3 Å². The third-order valence-electron chi connectivity index (χ3n) is 4.43. The van der Waals surface area contributed by atoms with E-state index in [9.17, 15) is 4.79 Å². The van der Waals surface area contributed by atoms with Crippen LogP contribution in [0.1, 0.15) is 28.5 Å². The van der Waals surface area contributed by atoms with Gasteiger partial charge in [-0.05, 0) is 68.1 Å². The number of nitrogens with one attached hydrogen (secondary N) is 1. The van der Waals surface area contributed by atoms with Crippen molar-refractivity contribution in [3.63, 3.8) is 0 Å². The number of hydrogen-bond donors (Lipinski definition) is 1. The van der Waals surface area contributed by atoms with E-state index in [1.165, 1.54) is 22.4 Å². The molecule has 1 heterocycles. The normalized spacial score (nSPS) is 14.5. The van der Waals surface area contributed by atoms with E-state index in [0.29, 0.717) is 6.54 Å². The Labute approximate surface area is 147 Å². The Morgan fingerprint density at radius 1 is 1.29 bits per heavy atom. The zero-order valence-corrected chi connectivity index (χ0v) is 15.1. The molecule has 2 aromatic rings. The minimum Gasteiger partial charge on any atom is -0.484 e. The molecule has 1 aromatic heterocycles. The third-order valence-corrected chi connectivity index (χ3v) is 5.40. The average molecular weight is 344 g/mol. The van der Waals surface area contributed by atoms with Gasteiger partial charge >= 0.3 is 0 Å². The van der Waals surface area contributed by atoms with E-state index in [1.54, 1.807) is 11.3 Å². The largest absolute Gasteiger partial charge is 0.484 e. The zero-order chi connectivity index (χ0) is 16.9. The maximum atomic E-state index is 12.1. The summed E-state index contributed by atoms with van der Waals surface area (Å²) < 4.78 is 5.65. The third kappa shape index (κ3) is 4.16. The van der Waals surface area contributed by atoms with Crippen molar-refractivity contribution in [1.29, 1.82) is 0 Å². The van der Waals surface area contributed by atoms with Gasteiger partial charge in [0, 0.05) is 11.4 Å². The van der Waals surface area contributed by atoms with Crippen molar-refractivity contribution in [3.8, 4) is 5.75 Å². The number of fused-ring (bicyclic) bond motifs is 1. The van der Waals surface area contributed by atoms with Crippen molar-refractivity contribution in [2.75, 3.05) is 27.2 Å². The van der Waals surface area contributed by atoms with E-state index in [-0.39, 0.29) is 18.6 Å². The molecule has 3 rings (SSSR count). The lowest BCUT2D eigenvalue weighted by molar-refractivity contribution is -0.123. The van der Waals surface area contributed by atoms with E-state index in [1.807, 2.05) is 26.2 Å². The van der Waals surface area contributed by atoms with Gasteiger partial charge in [-0.2, -0.15) is 0 Å². The van der Waals surface area contributed by atoms with E-state index < -0.39 is 0 Å². The Kier molecular flexibility index (Phi) is 5.53. The number of carbonyl (C=O) groups is 1. The van der Waals surface area contributed by atoms with Gasteiger partial charge in [-0.3, -0.25) is 4.79 Å². The highest BCUT2D eigenvalue weighted by atomic mass is 32.1. The minimum absolute atomic E-state index is 0.0589. The summed E-state index contributed by atoms with van der Waals surface area (Å²) in [5, 5.41) is 5.04. The summed E-state index contributed by atoms with van der Waals surface area (Å²) in [5.74, 6) is 0.701. The van der Waals surface area contributed by atoms with E-state index in [0.717, 1.165) is 18.6 Å². The zero-order valence-electron chi connectivity index (χ0n) is 14.2. The minimum atomic E-state index is -0.0843. The predicted octanol–water partition coefficient (Wildman–Crippen LogP) is 3.03. The van der Waals surface area contributed by atoms with Crippen molar-refractivity contribution < 1.29 is 9.53 Å². The summed E-state index contributed by atoms with van der Waals surface area (Å²) >= 11 is 1.71. The molecule has 128 valence electrons. The molecule has 5 heteroatoms. The first-order valence-electron chi connectivity index (χ1n) is 8.34. The second-order valence-electron chi connectivity index (χ2n) is 6.37. The molecule has 0 saturated carbocycles. The molecule has 1 atom stereocenters. The quantitative estimate of drug-likeness (QED) is 0.839. The number of amides is 1. The molecular formula is C19H24N2O2S. The Bertz CT molecular complexity index is 683. The molecule has 1 amide bonds. The molecule has 4 nitrogen and oxygen atoms in total. The molecular weight excluding hydrogens is 320 g/mol. The fourth-order valence-corrected chi connectivity index (χ4v) is 3.99. The van der Waals surface area contributed by atoms with Crippen molar-refractivity contribution >= 4 is 17.2 Å². The summed E-state index contributed by atoms with van der Waals surface area (Å²) in [5.41, 5.74) is 2.77. The molecule has 1 aromatic carbocycles. The number of thiophene rings is 1. The first kappa shape index (κ1) is 17.0. The molecule has 1 aliphatic carbocycles. The summed E-state index contributed by atoms with van der Waals surface area (Å²) in [6, 6.07) is 10.5. The molecule has 0 saturated heterocycles. The van der Waals surface area contributed by atoms with Gasteiger partial charge in [0.1, 0.15) is 5.75 Å². The first-order chi connectivity index (χ1) is 11.6. The lowest BCUT2D eigenvalue weighted by Crippen LogP contribution is -2.36. The highest BCUT2D eigenvalue weighted by molar-refractivity contribution is 7.10. The fraction of sp³-hybridized carbons (Fsp3) is 0.421.